The van der Waals surface area contributed by atoms with Crippen molar-refractivity contribution >= 4 is 28.7 Å². The first-order chi connectivity index (χ1) is 16.3. The number of phenols is 1. The first-order valence-electron chi connectivity index (χ1n) is 11.3. The summed E-state index contributed by atoms with van der Waals surface area (Å²) < 4.78 is 0. The van der Waals surface area contributed by atoms with Crippen LogP contribution in [0.3, 0.4) is 0 Å². The fourth-order valence-electron chi connectivity index (χ4n) is 4.48. The molecule has 3 aromatic rings. The zero-order valence-corrected chi connectivity index (χ0v) is 18.6. The number of aromatic amines is 1. The van der Waals surface area contributed by atoms with E-state index in [0.29, 0.717) is 19.4 Å². The number of nitrogens with zero attached hydrogens (tertiary/aromatic N) is 1. The van der Waals surface area contributed by atoms with E-state index in [-0.39, 0.29) is 24.5 Å². The quantitative estimate of drug-likeness (QED) is 0.341. The Bertz CT molecular complexity index is 1190. The number of carbonyl (C=O) groups is 3. The third kappa shape index (κ3) is 5.04. The van der Waals surface area contributed by atoms with Crippen LogP contribution in [-0.4, -0.2) is 62.6 Å². The topological polar surface area (TPSA) is 149 Å². The molecule has 1 aliphatic rings. The molecule has 1 aromatic heterocycles. The average Bonchev–Trinajstić information content (AvgIpc) is 3.47. The van der Waals surface area contributed by atoms with Gasteiger partial charge in [0.05, 0.1) is 6.04 Å². The van der Waals surface area contributed by atoms with Gasteiger partial charge in [0, 0.05) is 30.1 Å². The van der Waals surface area contributed by atoms with E-state index < -0.39 is 30.0 Å². The minimum absolute atomic E-state index is 0.117. The molecular weight excluding hydrogens is 436 g/mol. The number of aromatic nitrogens is 1. The highest BCUT2D eigenvalue weighted by Crippen LogP contribution is 2.22. The molecule has 9 heteroatoms. The smallest absolute Gasteiger partial charge is 0.326 e. The van der Waals surface area contributed by atoms with E-state index in [1.165, 1.54) is 17.0 Å². The second kappa shape index (κ2) is 9.96. The number of likely N-dealkylation sites (tertiary alicyclic amines) is 1. The number of amides is 2. The molecule has 1 saturated heterocycles. The largest absolute Gasteiger partial charge is 0.508 e. The number of hydrogen-bond acceptors (Lipinski definition) is 5. The predicted molar refractivity (Wildman–Crippen MR) is 126 cm³/mol. The van der Waals surface area contributed by atoms with Gasteiger partial charge in [-0.1, -0.05) is 30.3 Å². The van der Waals surface area contributed by atoms with Crippen LogP contribution in [0.5, 0.6) is 5.75 Å². The van der Waals surface area contributed by atoms with Gasteiger partial charge in [-0.05, 0) is 48.6 Å². The number of carbonyl (C=O) groups excluding carboxylic acids is 2. The highest BCUT2D eigenvalue weighted by molar-refractivity contribution is 5.93. The second-order valence-electron chi connectivity index (χ2n) is 8.63. The summed E-state index contributed by atoms with van der Waals surface area (Å²) in [5.74, 6) is -1.86. The van der Waals surface area contributed by atoms with E-state index in [1.807, 2.05) is 24.3 Å². The van der Waals surface area contributed by atoms with E-state index in [1.54, 1.807) is 18.3 Å². The van der Waals surface area contributed by atoms with Gasteiger partial charge in [-0.3, -0.25) is 9.59 Å². The number of carboxylic acid groups (broad SMARTS) is 1. The lowest BCUT2D eigenvalue weighted by atomic mass is 10.0. The molecule has 3 atom stereocenters. The molecule has 178 valence electrons. The Hall–Kier alpha value is -3.85. The van der Waals surface area contributed by atoms with Crippen LogP contribution >= 0.6 is 0 Å². The molecule has 0 spiro atoms. The van der Waals surface area contributed by atoms with Crippen LogP contribution in [0.4, 0.5) is 0 Å². The molecule has 34 heavy (non-hydrogen) atoms. The number of benzene rings is 2. The maximum absolute atomic E-state index is 13.0. The number of phenolic OH excluding ortho intramolecular Hbond substituents is 1. The molecular formula is C25H28N4O5. The van der Waals surface area contributed by atoms with Crippen LogP contribution in [0.2, 0.25) is 0 Å². The third-order valence-corrected chi connectivity index (χ3v) is 6.26. The Labute approximate surface area is 196 Å². The molecule has 4 rings (SSSR count). The van der Waals surface area contributed by atoms with Crippen molar-refractivity contribution in [3.05, 3.63) is 65.9 Å². The number of fused-ring (bicyclic) bond motifs is 1. The van der Waals surface area contributed by atoms with Crippen molar-refractivity contribution in [1.29, 1.82) is 0 Å². The SMILES string of the molecule is N[C@H](Cc1ccc(O)cc1)C(=O)N1CCC[C@H]1C(=O)N[C@@H](Cc1c[nH]c2ccccc12)C(=O)O. The highest BCUT2D eigenvalue weighted by atomic mass is 16.4. The lowest BCUT2D eigenvalue weighted by molar-refractivity contribution is -0.144. The lowest BCUT2D eigenvalue weighted by Gasteiger charge is -2.28. The lowest BCUT2D eigenvalue weighted by Crippen LogP contribution is -2.54. The molecule has 0 aliphatic carbocycles. The molecule has 6 N–H and O–H groups in total. The van der Waals surface area contributed by atoms with Crippen LogP contribution in [0.25, 0.3) is 10.9 Å². The van der Waals surface area contributed by atoms with Gasteiger partial charge in [-0.2, -0.15) is 0 Å². The Morgan fingerprint density at radius 1 is 1.12 bits per heavy atom. The number of H-pyrrole nitrogens is 1. The van der Waals surface area contributed by atoms with Gasteiger partial charge in [-0.25, -0.2) is 4.79 Å². The number of hydrogen-bond donors (Lipinski definition) is 5. The van der Waals surface area contributed by atoms with Gasteiger partial charge in [0.1, 0.15) is 17.8 Å². The normalized spacial score (nSPS) is 17.4. The van der Waals surface area contributed by atoms with Crippen LogP contribution in [0, 0.1) is 0 Å². The van der Waals surface area contributed by atoms with E-state index in [0.717, 1.165) is 22.0 Å². The summed E-state index contributed by atoms with van der Waals surface area (Å²) in [5, 5.41) is 22.7. The molecule has 0 radical (unpaired) electrons. The van der Waals surface area contributed by atoms with Crippen LogP contribution in [0.15, 0.2) is 54.7 Å². The summed E-state index contributed by atoms with van der Waals surface area (Å²) in [5.41, 5.74) is 8.62. The molecule has 2 heterocycles. The Balaban J connectivity index is 1.42. The van der Waals surface area contributed by atoms with Crippen molar-refractivity contribution in [2.75, 3.05) is 6.54 Å². The Morgan fingerprint density at radius 2 is 1.85 bits per heavy atom. The number of nitrogens with one attached hydrogen (secondary N) is 2. The first-order valence-corrected chi connectivity index (χ1v) is 11.3. The zero-order chi connectivity index (χ0) is 24.2. The van der Waals surface area contributed by atoms with E-state index in [4.69, 9.17) is 5.73 Å². The van der Waals surface area contributed by atoms with Gasteiger partial charge < -0.3 is 31.1 Å². The Kier molecular flexibility index (Phi) is 6.83. The highest BCUT2D eigenvalue weighted by Gasteiger charge is 2.37. The van der Waals surface area contributed by atoms with Gasteiger partial charge in [0.15, 0.2) is 0 Å². The van der Waals surface area contributed by atoms with Gasteiger partial charge in [0.2, 0.25) is 11.8 Å². The van der Waals surface area contributed by atoms with Crippen molar-refractivity contribution in [1.82, 2.24) is 15.2 Å². The molecule has 0 unspecified atom stereocenters. The molecule has 9 nitrogen and oxygen atoms in total. The van der Waals surface area contributed by atoms with Gasteiger partial charge in [-0.15, -0.1) is 0 Å². The Morgan fingerprint density at radius 3 is 2.59 bits per heavy atom. The number of rotatable bonds is 8. The first kappa shape index (κ1) is 23.3. The summed E-state index contributed by atoms with van der Waals surface area (Å²) in [7, 11) is 0. The summed E-state index contributed by atoms with van der Waals surface area (Å²) in [6, 6.07) is 11.3. The molecule has 0 bridgehead atoms. The summed E-state index contributed by atoms with van der Waals surface area (Å²) in [4.78, 5) is 42.5. The molecule has 0 saturated carbocycles. The van der Waals surface area contributed by atoms with Crippen LogP contribution in [0.1, 0.15) is 24.0 Å². The van der Waals surface area contributed by atoms with Crippen LogP contribution < -0.4 is 11.1 Å². The fraction of sp³-hybridized carbons (Fsp3) is 0.320. The monoisotopic (exact) mass is 464 g/mol. The van der Waals surface area contributed by atoms with Crippen molar-refractivity contribution in [3.63, 3.8) is 0 Å². The number of nitrogens with two attached hydrogens (primary N) is 1. The summed E-state index contributed by atoms with van der Waals surface area (Å²) in [6.07, 6.45) is 3.22. The number of aromatic hydroxyl groups is 1. The van der Waals surface area contributed by atoms with Crippen molar-refractivity contribution in [2.45, 2.75) is 43.8 Å². The predicted octanol–water partition coefficient (Wildman–Crippen LogP) is 1.55. The standard InChI is InChI=1S/C25H28N4O5/c26-19(12-15-7-9-17(30)10-8-15)24(32)29-11-3-6-22(29)23(31)28-21(25(33)34)13-16-14-27-20-5-2-1-4-18(16)20/h1-2,4-5,7-10,14,19,21-22,27,30H,3,6,11-13,26H2,(H,28,31)(H,33,34)/t19-,21+,22+/m1/s1. The second-order valence-corrected chi connectivity index (χ2v) is 8.63. The molecule has 1 fully saturated rings. The summed E-state index contributed by atoms with van der Waals surface area (Å²) >= 11 is 0. The van der Waals surface area contributed by atoms with E-state index in [9.17, 15) is 24.6 Å². The molecule has 2 aromatic carbocycles. The van der Waals surface area contributed by atoms with Crippen LogP contribution in [-0.2, 0) is 27.2 Å². The minimum Gasteiger partial charge on any atom is -0.508 e. The summed E-state index contributed by atoms with van der Waals surface area (Å²) in [6.45, 7) is 0.389. The number of aliphatic carboxylic acids is 1. The minimum atomic E-state index is -1.14. The maximum Gasteiger partial charge on any atom is 0.326 e. The third-order valence-electron chi connectivity index (χ3n) is 6.26. The average molecular weight is 465 g/mol. The van der Waals surface area contributed by atoms with Crippen molar-refractivity contribution in [2.24, 2.45) is 5.73 Å². The zero-order valence-electron chi connectivity index (χ0n) is 18.6. The maximum atomic E-state index is 13.0. The number of para-hydroxylation sites is 1. The van der Waals surface area contributed by atoms with Gasteiger partial charge >= 0.3 is 5.97 Å². The van der Waals surface area contributed by atoms with Crippen molar-refractivity contribution in [3.8, 4) is 5.75 Å². The fourth-order valence-corrected chi connectivity index (χ4v) is 4.48. The molecule has 1 aliphatic heterocycles. The van der Waals surface area contributed by atoms with E-state index in [2.05, 4.69) is 10.3 Å². The van der Waals surface area contributed by atoms with Gasteiger partial charge in [0.25, 0.3) is 0 Å². The van der Waals surface area contributed by atoms with E-state index >= 15 is 0 Å². The number of carboxylic acids is 1. The van der Waals surface area contributed by atoms with Crippen molar-refractivity contribution < 1.29 is 24.6 Å². The molecule has 2 amide bonds.